The number of rotatable bonds is 7. The van der Waals surface area contributed by atoms with E-state index in [9.17, 15) is 0 Å². The standard InChI is InChI=1S/C16H22N4/c1-3-8-17-14-7-10-19-16(11-14)13-20(2)12-15-6-4-5-9-18-15/h4-7,9-11H,3,8,12-13H2,1-2H3,(H,17,19). The molecule has 0 aliphatic carbocycles. The Morgan fingerprint density at radius 2 is 1.85 bits per heavy atom. The van der Waals surface area contributed by atoms with Gasteiger partial charge in [-0.05, 0) is 37.7 Å². The molecule has 0 amide bonds. The summed E-state index contributed by atoms with van der Waals surface area (Å²) in [6.45, 7) is 4.80. The number of hydrogen-bond donors (Lipinski definition) is 1. The van der Waals surface area contributed by atoms with Crippen LogP contribution in [0, 0.1) is 0 Å². The first-order valence-electron chi connectivity index (χ1n) is 7.05. The van der Waals surface area contributed by atoms with E-state index in [0.717, 1.165) is 43.1 Å². The van der Waals surface area contributed by atoms with E-state index < -0.39 is 0 Å². The van der Waals surface area contributed by atoms with Gasteiger partial charge in [0.15, 0.2) is 0 Å². The third-order valence-corrected chi connectivity index (χ3v) is 2.99. The zero-order chi connectivity index (χ0) is 14.2. The number of aromatic nitrogens is 2. The van der Waals surface area contributed by atoms with Crippen LogP contribution in [-0.2, 0) is 13.1 Å². The molecule has 0 bridgehead atoms. The molecule has 0 fully saturated rings. The molecule has 2 rings (SSSR count). The van der Waals surface area contributed by atoms with Crippen LogP contribution in [0.15, 0.2) is 42.7 Å². The normalized spacial score (nSPS) is 10.8. The molecule has 0 saturated carbocycles. The van der Waals surface area contributed by atoms with E-state index in [0.29, 0.717) is 0 Å². The average molecular weight is 270 g/mol. The molecular weight excluding hydrogens is 248 g/mol. The van der Waals surface area contributed by atoms with Gasteiger partial charge in [-0.25, -0.2) is 0 Å². The lowest BCUT2D eigenvalue weighted by atomic mass is 10.2. The van der Waals surface area contributed by atoms with E-state index in [-0.39, 0.29) is 0 Å². The van der Waals surface area contributed by atoms with Crippen LogP contribution in [0.25, 0.3) is 0 Å². The molecule has 0 aliphatic rings. The van der Waals surface area contributed by atoms with Crippen LogP contribution in [0.2, 0.25) is 0 Å². The first-order valence-corrected chi connectivity index (χ1v) is 7.05. The fourth-order valence-corrected chi connectivity index (χ4v) is 2.04. The minimum Gasteiger partial charge on any atom is -0.385 e. The van der Waals surface area contributed by atoms with E-state index in [4.69, 9.17) is 0 Å². The van der Waals surface area contributed by atoms with Gasteiger partial charge in [0.1, 0.15) is 0 Å². The van der Waals surface area contributed by atoms with E-state index in [1.807, 2.05) is 36.7 Å². The topological polar surface area (TPSA) is 41.1 Å². The zero-order valence-electron chi connectivity index (χ0n) is 12.2. The monoisotopic (exact) mass is 270 g/mol. The molecule has 0 spiro atoms. The Bertz CT molecular complexity index is 513. The second kappa shape index (κ2) is 7.60. The molecule has 20 heavy (non-hydrogen) atoms. The lowest BCUT2D eigenvalue weighted by molar-refractivity contribution is 0.311. The maximum atomic E-state index is 4.43. The summed E-state index contributed by atoms with van der Waals surface area (Å²) in [6.07, 6.45) is 4.82. The highest BCUT2D eigenvalue weighted by molar-refractivity contribution is 5.43. The van der Waals surface area contributed by atoms with Crippen LogP contribution in [0.5, 0.6) is 0 Å². The summed E-state index contributed by atoms with van der Waals surface area (Å²) in [5, 5.41) is 3.39. The predicted octanol–water partition coefficient (Wildman–Crippen LogP) is 2.93. The Kier molecular flexibility index (Phi) is 5.50. The van der Waals surface area contributed by atoms with Crippen LogP contribution in [0.1, 0.15) is 24.7 Å². The predicted molar refractivity (Wildman–Crippen MR) is 82.4 cm³/mol. The minimum atomic E-state index is 0.818. The fraction of sp³-hybridized carbons (Fsp3) is 0.375. The molecule has 4 heteroatoms. The van der Waals surface area contributed by atoms with E-state index in [1.165, 1.54) is 0 Å². The van der Waals surface area contributed by atoms with Gasteiger partial charge >= 0.3 is 0 Å². The molecule has 0 aliphatic heterocycles. The van der Waals surface area contributed by atoms with Crippen LogP contribution >= 0.6 is 0 Å². The highest BCUT2D eigenvalue weighted by atomic mass is 15.1. The van der Waals surface area contributed by atoms with Gasteiger partial charge in [0, 0.05) is 37.7 Å². The summed E-state index contributed by atoms with van der Waals surface area (Å²) in [5.41, 5.74) is 3.29. The molecule has 4 nitrogen and oxygen atoms in total. The minimum absolute atomic E-state index is 0.818. The Morgan fingerprint density at radius 3 is 2.60 bits per heavy atom. The molecular formula is C16H22N4. The summed E-state index contributed by atoms with van der Waals surface area (Å²) >= 11 is 0. The van der Waals surface area contributed by atoms with Gasteiger partial charge in [0.25, 0.3) is 0 Å². The fourth-order valence-electron chi connectivity index (χ4n) is 2.04. The highest BCUT2D eigenvalue weighted by Gasteiger charge is 2.04. The molecule has 2 heterocycles. The molecule has 0 unspecified atom stereocenters. The molecule has 0 atom stereocenters. The second-order valence-corrected chi connectivity index (χ2v) is 4.96. The Morgan fingerprint density at radius 1 is 1.05 bits per heavy atom. The van der Waals surface area contributed by atoms with Crippen LogP contribution in [-0.4, -0.2) is 28.5 Å². The maximum Gasteiger partial charge on any atom is 0.0564 e. The third kappa shape index (κ3) is 4.63. The number of pyridine rings is 2. The lowest BCUT2D eigenvalue weighted by Crippen LogP contribution is -2.18. The van der Waals surface area contributed by atoms with Crippen molar-refractivity contribution in [3.8, 4) is 0 Å². The Labute approximate surface area is 120 Å². The van der Waals surface area contributed by atoms with Gasteiger partial charge in [0.2, 0.25) is 0 Å². The molecule has 106 valence electrons. The summed E-state index contributed by atoms with van der Waals surface area (Å²) in [6, 6.07) is 10.1. The number of nitrogens with zero attached hydrogens (tertiary/aromatic N) is 3. The van der Waals surface area contributed by atoms with E-state index in [1.54, 1.807) is 0 Å². The van der Waals surface area contributed by atoms with Crippen molar-refractivity contribution in [3.05, 3.63) is 54.1 Å². The number of anilines is 1. The van der Waals surface area contributed by atoms with Gasteiger partial charge < -0.3 is 5.32 Å². The van der Waals surface area contributed by atoms with Crippen molar-refractivity contribution in [1.29, 1.82) is 0 Å². The third-order valence-electron chi connectivity index (χ3n) is 2.99. The molecule has 2 aromatic heterocycles. The number of hydrogen-bond acceptors (Lipinski definition) is 4. The smallest absolute Gasteiger partial charge is 0.0564 e. The Hall–Kier alpha value is -1.94. The van der Waals surface area contributed by atoms with Crippen molar-refractivity contribution >= 4 is 5.69 Å². The van der Waals surface area contributed by atoms with E-state index >= 15 is 0 Å². The van der Waals surface area contributed by atoms with Gasteiger partial charge in [-0.3, -0.25) is 14.9 Å². The first kappa shape index (κ1) is 14.5. The van der Waals surface area contributed by atoms with Crippen molar-refractivity contribution in [2.75, 3.05) is 18.9 Å². The van der Waals surface area contributed by atoms with Crippen molar-refractivity contribution < 1.29 is 0 Å². The largest absolute Gasteiger partial charge is 0.385 e. The molecule has 0 saturated heterocycles. The zero-order valence-corrected chi connectivity index (χ0v) is 12.2. The summed E-state index contributed by atoms with van der Waals surface area (Å²) < 4.78 is 0. The lowest BCUT2D eigenvalue weighted by Gasteiger charge is -2.16. The molecule has 1 N–H and O–H groups in total. The van der Waals surface area contributed by atoms with E-state index in [2.05, 4.69) is 40.2 Å². The van der Waals surface area contributed by atoms with Crippen molar-refractivity contribution in [2.45, 2.75) is 26.4 Å². The van der Waals surface area contributed by atoms with Gasteiger partial charge in [-0.1, -0.05) is 13.0 Å². The maximum absolute atomic E-state index is 4.43. The van der Waals surface area contributed by atoms with Crippen LogP contribution in [0.4, 0.5) is 5.69 Å². The summed E-state index contributed by atoms with van der Waals surface area (Å²) in [5.74, 6) is 0. The van der Waals surface area contributed by atoms with Gasteiger partial charge in [0.05, 0.1) is 11.4 Å². The summed E-state index contributed by atoms with van der Waals surface area (Å²) in [4.78, 5) is 11.0. The Balaban J connectivity index is 1.92. The van der Waals surface area contributed by atoms with Crippen LogP contribution in [0.3, 0.4) is 0 Å². The van der Waals surface area contributed by atoms with Crippen molar-refractivity contribution in [2.24, 2.45) is 0 Å². The highest BCUT2D eigenvalue weighted by Crippen LogP contribution is 2.10. The van der Waals surface area contributed by atoms with Crippen LogP contribution < -0.4 is 5.32 Å². The molecule has 0 aromatic carbocycles. The van der Waals surface area contributed by atoms with Crippen molar-refractivity contribution in [1.82, 2.24) is 14.9 Å². The van der Waals surface area contributed by atoms with Gasteiger partial charge in [-0.15, -0.1) is 0 Å². The second-order valence-electron chi connectivity index (χ2n) is 4.96. The number of nitrogens with one attached hydrogen (secondary N) is 1. The molecule has 2 aromatic rings. The average Bonchev–Trinajstić information content (AvgIpc) is 2.46. The first-order chi connectivity index (χ1) is 9.78. The van der Waals surface area contributed by atoms with Gasteiger partial charge in [-0.2, -0.15) is 0 Å². The summed E-state index contributed by atoms with van der Waals surface area (Å²) in [7, 11) is 2.09. The SMILES string of the molecule is CCCNc1ccnc(CN(C)Cc2ccccn2)c1. The quantitative estimate of drug-likeness (QED) is 0.840. The molecule has 0 radical (unpaired) electrons. The van der Waals surface area contributed by atoms with Crippen molar-refractivity contribution in [3.63, 3.8) is 0 Å².